The van der Waals surface area contributed by atoms with Crippen molar-refractivity contribution in [2.75, 3.05) is 13.2 Å². The van der Waals surface area contributed by atoms with Crippen molar-refractivity contribution in [1.82, 2.24) is 5.32 Å². The summed E-state index contributed by atoms with van der Waals surface area (Å²) in [7, 11) is 0. The number of rotatable bonds is 4. The lowest BCUT2D eigenvalue weighted by Crippen LogP contribution is -2.44. The number of benzene rings is 1. The number of fused-ring (bicyclic) bond motifs is 1. The summed E-state index contributed by atoms with van der Waals surface area (Å²) in [6, 6.07) is 8.52. The molecule has 1 unspecified atom stereocenters. The van der Waals surface area contributed by atoms with Gasteiger partial charge in [-0.1, -0.05) is 24.3 Å². The second-order valence-electron chi connectivity index (χ2n) is 5.22. The van der Waals surface area contributed by atoms with Crippen molar-refractivity contribution >= 4 is 0 Å². The first-order valence-corrected chi connectivity index (χ1v) is 6.28. The number of hydrogen-bond acceptors (Lipinski definition) is 2. The quantitative estimate of drug-likeness (QED) is 0.806. The van der Waals surface area contributed by atoms with Crippen LogP contribution in [0.25, 0.3) is 0 Å². The Morgan fingerprint density at radius 2 is 2.12 bits per heavy atom. The molecule has 3 rings (SSSR count). The van der Waals surface area contributed by atoms with E-state index in [1.165, 1.54) is 24.0 Å². The van der Waals surface area contributed by atoms with Gasteiger partial charge in [-0.3, -0.25) is 0 Å². The van der Waals surface area contributed by atoms with Gasteiger partial charge in [-0.15, -0.1) is 0 Å². The highest BCUT2D eigenvalue weighted by Crippen LogP contribution is 2.38. The topological polar surface area (TPSA) is 32.3 Å². The van der Waals surface area contributed by atoms with Crippen LogP contribution in [0.3, 0.4) is 0 Å². The highest BCUT2D eigenvalue weighted by molar-refractivity contribution is 5.38. The van der Waals surface area contributed by atoms with Crippen molar-refractivity contribution in [3.05, 3.63) is 35.4 Å². The van der Waals surface area contributed by atoms with E-state index in [9.17, 15) is 5.11 Å². The summed E-state index contributed by atoms with van der Waals surface area (Å²) in [5.41, 5.74) is 2.57. The lowest BCUT2D eigenvalue weighted by molar-refractivity contribution is 0.159. The van der Waals surface area contributed by atoms with E-state index in [1.54, 1.807) is 0 Å². The first kappa shape index (κ1) is 10.3. The molecule has 1 atom stereocenters. The summed E-state index contributed by atoms with van der Waals surface area (Å²) in [6.45, 7) is 1.28. The van der Waals surface area contributed by atoms with Crippen LogP contribution >= 0.6 is 0 Å². The molecule has 1 aromatic rings. The minimum atomic E-state index is -0.154. The van der Waals surface area contributed by atoms with E-state index in [-0.39, 0.29) is 12.1 Å². The van der Waals surface area contributed by atoms with Crippen LogP contribution in [-0.4, -0.2) is 18.3 Å². The fourth-order valence-electron chi connectivity index (χ4n) is 2.75. The average Bonchev–Trinajstić information content (AvgIpc) is 3.09. The van der Waals surface area contributed by atoms with E-state index in [1.807, 2.05) is 0 Å². The number of aryl methyl sites for hydroxylation is 1. The molecule has 16 heavy (non-hydrogen) atoms. The van der Waals surface area contributed by atoms with Crippen molar-refractivity contribution in [3.8, 4) is 0 Å². The van der Waals surface area contributed by atoms with Gasteiger partial charge < -0.3 is 10.4 Å². The summed E-state index contributed by atoms with van der Waals surface area (Å²) in [5, 5.41) is 13.3. The van der Waals surface area contributed by atoms with Gasteiger partial charge in [-0.25, -0.2) is 0 Å². The Morgan fingerprint density at radius 3 is 2.88 bits per heavy atom. The molecule has 1 saturated carbocycles. The SMILES string of the molecule is OCC1(NCC2CC2)CCc2ccccc21. The van der Waals surface area contributed by atoms with Crippen molar-refractivity contribution in [3.63, 3.8) is 0 Å². The van der Waals surface area contributed by atoms with Gasteiger partial charge >= 0.3 is 0 Å². The lowest BCUT2D eigenvalue weighted by Gasteiger charge is -2.30. The first-order chi connectivity index (χ1) is 7.84. The molecule has 1 fully saturated rings. The molecular weight excluding hydrogens is 198 g/mol. The van der Waals surface area contributed by atoms with Crippen LogP contribution in [0.2, 0.25) is 0 Å². The fraction of sp³-hybridized carbons (Fsp3) is 0.571. The average molecular weight is 217 g/mol. The molecule has 0 saturated heterocycles. The molecule has 1 aromatic carbocycles. The van der Waals surface area contributed by atoms with E-state index in [4.69, 9.17) is 0 Å². The molecule has 0 aliphatic heterocycles. The van der Waals surface area contributed by atoms with E-state index in [0.29, 0.717) is 0 Å². The van der Waals surface area contributed by atoms with Crippen molar-refractivity contribution in [2.24, 2.45) is 5.92 Å². The number of nitrogens with one attached hydrogen (secondary N) is 1. The molecule has 0 radical (unpaired) electrons. The zero-order valence-electron chi connectivity index (χ0n) is 9.58. The standard InChI is InChI=1S/C14H19NO/c16-10-14(15-9-11-5-6-11)8-7-12-3-1-2-4-13(12)14/h1-4,11,15-16H,5-10H2. The van der Waals surface area contributed by atoms with Crippen LogP contribution < -0.4 is 5.32 Å². The number of aliphatic hydroxyl groups is 1. The minimum absolute atomic E-state index is 0.154. The Bertz CT molecular complexity index is 386. The maximum absolute atomic E-state index is 9.73. The summed E-state index contributed by atoms with van der Waals surface area (Å²) < 4.78 is 0. The zero-order chi connectivity index (χ0) is 11.0. The molecule has 86 valence electrons. The second-order valence-corrected chi connectivity index (χ2v) is 5.22. The van der Waals surface area contributed by atoms with Crippen LogP contribution in [0, 0.1) is 5.92 Å². The lowest BCUT2D eigenvalue weighted by atomic mass is 9.92. The number of hydrogen-bond donors (Lipinski definition) is 2. The third-order valence-corrected chi connectivity index (χ3v) is 4.05. The molecule has 0 aromatic heterocycles. The molecule has 2 aliphatic rings. The van der Waals surface area contributed by atoms with E-state index < -0.39 is 0 Å². The summed E-state index contributed by atoms with van der Waals surface area (Å²) in [5.74, 6) is 0.858. The van der Waals surface area contributed by atoms with Gasteiger partial charge in [0.05, 0.1) is 12.1 Å². The zero-order valence-corrected chi connectivity index (χ0v) is 9.58. The van der Waals surface area contributed by atoms with Gasteiger partial charge in [0, 0.05) is 0 Å². The monoisotopic (exact) mass is 217 g/mol. The van der Waals surface area contributed by atoms with Crippen LogP contribution in [0.15, 0.2) is 24.3 Å². The van der Waals surface area contributed by atoms with Crippen molar-refractivity contribution in [2.45, 2.75) is 31.2 Å². The van der Waals surface area contributed by atoms with Gasteiger partial charge in [-0.05, 0) is 49.3 Å². The molecule has 2 nitrogen and oxygen atoms in total. The van der Waals surface area contributed by atoms with Crippen LogP contribution in [-0.2, 0) is 12.0 Å². The Morgan fingerprint density at radius 1 is 1.31 bits per heavy atom. The van der Waals surface area contributed by atoms with Crippen LogP contribution in [0.1, 0.15) is 30.4 Å². The normalized spacial score (nSPS) is 28.1. The smallest absolute Gasteiger partial charge is 0.0675 e. The Hall–Kier alpha value is -0.860. The van der Waals surface area contributed by atoms with E-state index in [0.717, 1.165) is 25.3 Å². The fourth-order valence-corrected chi connectivity index (χ4v) is 2.75. The van der Waals surface area contributed by atoms with Crippen LogP contribution in [0.4, 0.5) is 0 Å². The summed E-state index contributed by atoms with van der Waals surface area (Å²) >= 11 is 0. The maximum atomic E-state index is 9.73. The predicted molar refractivity (Wildman–Crippen MR) is 64.3 cm³/mol. The van der Waals surface area contributed by atoms with Crippen molar-refractivity contribution in [1.29, 1.82) is 0 Å². The maximum Gasteiger partial charge on any atom is 0.0675 e. The van der Waals surface area contributed by atoms with E-state index >= 15 is 0 Å². The molecule has 2 heteroatoms. The number of aliphatic hydroxyl groups excluding tert-OH is 1. The van der Waals surface area contributed by atoms with Gasteiger partial charge in [-0.2, -0.15) is 0 Å². The van der Waals surface area contributed by atoms with Gasteiger partial charge in [0.15, 0.2) is 0 Å². The van der Waals surface area contributed by atoms with Gasteiger partial charge in [0.2, 0.25) is 0 Å². The summed E-state index contributed by atoms with van der Waals surface area (Å²) in [4.78, 5) is 0. The van der Waals surface area contributed by atoms with Gasteiger partial charge in [0.1, 0.15) is 0 Å². The highest BCUT2D eigenvalue weighted by Gasteiger charge is 2.38. The molecule has 0 heterocycles. The Labute approximate surface area is 96.7 Å². The third-order valence-electron chi connectivity index (χ3n) is 4.05. The highest BCUT2D eigenvalue weighted by atomic mass is 16.3. The largest absolute Gasteiger partial charge is 0.394 e. The van der Waals surface area contributed by atoms with Crippen LogP contribution in [0.5, 0.6) is 0 Å². The summed E-state index contributed by atoms with van der Waals surface area (Å²) in [6.07, 6.45) is 4.84. The molecule has 2 N–H and O–H groups in total. The molecule has 0 bridgehead atoms. The van der Waals surface area contributed by atoms with Gasteiger partial charge in [0.25, 0.3) is 0 Å². The Balaban J connectivity index is 1.84. The Kier molecular flexibility index (Phi) is 2.49. The van der Waals surface area contributed by atoms with E-state index in [2.05, 4.69) is 29.6 Å². The molecule has 0 amide bonds. The molecule has 2 aliphatic carbocycles. The third kappa shape index (κ3) is 1.66. The predicted octanol–water partition coefficient (Wildman–Crippen LogP) is 1.82. The minimum Gasteiger partial charge on any atom is -0.394 e. The molecule has 0 spiro atoms. The molecular formula is C14H19NO. The first-order valence-electron chi connectivity index (χ1n) is 6.28. The van der Waals surface area contributed by atoms with Crippen molar-refractivity contribution < 1.29 is 5.11 Å². The second kappa shape index (κ2) is 3.86.